The normalized spacial score (nSPS) is 14.5. The lowest BCUT2D eigenvalue weighted by Crippen LogP contribution is -2.37. The predicted molar refractivity (Wildman–Crippen MR) is 92.2 cm³/mol. The molecular formula is C19H20N2O3. The third-order valence-corrected chi connectivity index (χ3v) is 3.78. The molecule has 3 rings (SSSR count). The van der Waals surface area contributed by atoms with Crippen LogP contribution in [-0.2, 0) is 9.53 Å². The number of ether oxygens (including phenoxy) is 1. The number of hydrogen-bond donors (Lipinski definition) is 2. The molecule has 2 aromatic carbocycles. The van der Waals surface area contributed by atoms with Crippen LogP contribution in [0.15, 0.2) is 54.6 Å². The molecule has 0 aromatic heterocycles. The van der Waals surface area contributed by atoms with Crippen molar-refractivity contribution in [3.05, 3.63) is 60.2 Å². The summed E-state index contributed by atoms with van der Waals surface area (Å²) in [6.45, 7) is 1.59. The first-order valence-electron chi connectivity index (χ1n) is 8.06. The maximum atomic E-state index is 12.4. The summed E-state index contributed by atoms with van der Waals surface area (Å²) >= 11 is 0. The zero-order valence-electron chi connectivity index (χ0n) is 13.5. The number of nitrogens with one attached hydrogen (secondary N) is 2. The Kier molecular flexibility index (Phi) is 4.79. The predicted octanol–water partition coefficient (Wildman–Crippen LogP) is 3.25. The van der Waals surface area contributed by atoms with Crippen LogP contribution in [0.2, 0.25) is 0 Å². The van der Waals surface area contributed by atoms with Gasteiger partial charge in [-0.15, -0.1) is 0 Å². The first-order chi connectivity index (χ1) is 11.6. The van der Waals surface area contributed by atoms with Gasteiger partial charge in [-0.1, -0.05) is 30.3 Å². The van der Waals surface area contributed by atoms with Gasteiger partial charge in [0.05, 0.1) is 11.3 Å². The maximum absolute atomic E-state index is 12.4. The summed E-state index contributed by atoms with van der Waals surface area (Å²) in [5.74, 6) is -0.771. The number of hydrogen-bond acceptors (Lipinski definition) is 4. The minimum atomic E-state index is -0.817. The zero-order valence-corrected chi connectivity index (χ0v) is 13.5. The number of esters is 1. The lowest BCUT2D eigenvalue weighted by molar-refractivity contribution is -0.129. The molecular weight excluding hydrogens is 304 g/mol. The summed E-state index contributed by atoms with van der Waals surface area (Å²) in [6, 6.07) is 16.9. The third-order valence-electron chi connectivity index (χ3n) is 3.78. The third kappa shape index (κ3) is 4.13. The van der Waals surface area contributed by atoms with Gasteiger partial charge in [0.2, 0.25) is 0 Å². The van der Waals surface area contributed by atoms with Crippen molar-refractivity contribution in [3.8, 4) is 0 Å². The van der Waals surface area contributed by atoms with Crippen LogP contribution in [0, 0.1) is 0 Å². The molecule has 0 spiro atoms. The van der Waals surface area contributed by atoms with E-state index in [2.05, 4.69) is 10.6 Å². The Balaban J connectivity index is 1.69. The molecule has 2 N–H and O–H groups in total. The Labute approximate surface area is 141 Å². The molecule has 5 nitrogen and oxygen atoms in total. The molecule has 0 radical (unpaired) electrons. The second kappa shape index (κ2) is 7.17. The van der Waals surface area contributed by atoms with Gasteiger partial charge in [0.1, 0.15) is 0 Å². The number of amides is 1. The quantitative estimate of drug-likeness (QED) is 0.801. The fraction of sp³-hybridized carbons (Fsp3) is 0.263. The molecule has 24 heavy (non-hydrogen) atoms. The van der Waals surface area contributed by atoms with Crippen molar-refractivity contribution in [3.63, 3.8) is 0 Å². The molecule has 2 aromatic rings. The van der Waals surface area contributed by atoms with E-state index in [4.69, 9.17) is 4.74 Å². The van der Waals surface area contributed by atoms with E-state index in [9.17, 15) is 9.59 Å². The van der Waals surface area contributed by atoms with E-state index >= 15 is 0 Å². The van der Waals surface area contributed by atoms with E-state index in [-0.39, 0.29) is 11.9 Å². The summed E-state index contributed by atoms with van der Waals surface area (Å²) in [6.07, 6.45) is 1.18. The van der Waals surface area contributed by atoms with Crippen LogP contribution in [0.4, 0.5) is 11.4 Å². The molecule has 1 aliphatic rings. The molecule has 124 valence electrons. The average molecular weight is 324 g/mol. The molecule has 1 saturated carbocycles. The molecule has 0 bridgehead atoms. The second-order valence-corrected chi connectivity index (χ2v) is 5.87. The van der Waals surface area contributed by atoms with Gasteiger partial charge < -0.3 is 15.4 Å². The first kappa shape index (κ1) is 16.1. The SMILES string of the molecule is CC(OC(=O)c1ccccc1Nc1ccccc1)C(=O)NC1CC1. The monoisotopic (exact) mass is 324 g/mol. The van der Waals surface area contributed by atoms with Gasteiger partial charge in [0, 0.05) is 11.7 Å². The van der Waals surface area contributed by atoms with E-state index in [1.54, 1.807) is 25.1 Å². The van der Waals surface area contributed by atoms with Crippen LogP contribution in [0.5, 0.6) is 0 Å². The summed E-state index contributed by atoms with van der Waals surface area (Å²) in [5, 5.41) is 6.03. The summed E-state index contributed by atoms with van der Waals surface area (Å²) < 4.78 is 5.31. The molecule has 1 fully saturated rings. The van der Waals surface area contributed by atoms with E-state index < -0.39 is 12.1 Å². The molecule has 1 atom stereocenters. The minimum Gasteiger partial charge on any atom is -0.449 e. The molecule has 0 heterocycles. The largest absolute Gasteiger partial charge is 0.449 e. The summed E-state index contributed by atoms with van der Waals surface area (Å²) in [4.78, 5) is 24.4. The number of benzene rings is 2. The van der Waals surface area contributed by atoms with Gasteiger partial charge in [-0.2, -0.15) is 0 Å². The highest BCUT2D eigenvalue weighted by molar-refractivity contribution is 5.98. The summed E-state index contributed by atoms with van der Waals surface area (Å²) in [5.41, 5.74) is 1.91. The lowest BCUT2D eigenvalue weighted by atomic mass is 10.1. The highest BCUT2D eigenvalue weighted by Crippen LogP contribution is 2.22. The van der Waals surface area contributed by atoms with Crippen molar-refractivity contribution >= 4 is 23.3 Å². The van der Waals surface area contributed by atoms with E-state index in [1.165, 1.54) is 0 Å². The van der Waals surface area contributed by atoms with Crippen LogP contribution in [0.3, 0.4) is 0 Å². The van der Waals surface area contributed by atoms with Gasteiger partial charge in [0.25, 0.3) is 5.91 Å². The van der Waals surface area contributed by atoms with Gasteiger partial charge in [-0.3, -0.25) is 4.79 Å². The number of para-hydroxylation sites is 2. The topological polar surface area (TPSA) is 67.4 Å². The molecule has 1 unspecified atom stereocenters. The Hall–Kier alpha value is -2.82. The minimum absolute atomic E-state index is 0.241. The van der Waals surface area contributed by atoms with Crippen molar-refractivity contribution in [2.24, 2.45) is 0 Å². The summed E-state index contributed by atoms with van der Waals surface area (Å²) in [7, 11) is 0. The average Bonchev–Trinajstić information content (AvgIpc) is 3.40. The molecule has 0 aliphatic heterocycles. The molecule has 5 heteroatoms. The van der Waals surface area contributed by atoms with Gasteiger partial charge in [0.15, 0.2) is 6.10 Å². The van der Waals surface area contributed by atoms with Crippen LogP contribution in [0.25, 0.3) is 0 Å². The maximum Gasteiger partial charge on any atom is 0.341 e. The number of carbonyl (C=O) groups excluding carboxylic acids is 2. The van der Waals surface area contributed by atoms with Gasteiger partial charge >= 0.3 is 5.97 Å². The highest BCUT2D eigenvalue weighted by atomic mass is 16.5. The van der Waals surface area contributed by atoms with Crippen molar-refractivity contribution in [2.75, 3.05) is 5.32 Å². The second-order valence-electron chi connectivity index (χ2n) is 5.87. The van der Waals surface area contributed by atoms with E-state index in [0.29, 0.717) is 11.3 Å². The Morgan fingerprint density at radius 2 is 1.71 bits per heavy atom. The first-order valence-corrected chi connectivity index (χ1v) is 8.06. The van der Waals surface area contributed by atoms with E-state index in [0.717, 1.165) is 18.5 Å². The zero-order chi connectivity index (χ0) is 16.9. The van der Waals surface area contributed by atoms with Crippen LogP contribution in [-0.4, -0.2) is 24.0 Å². The van der Waals surface area contributed by atoms with Gasteiger partial charge in [-0.25, -0.2) is 4.79 Å². The number of anilines is 2. The fourth-order valence-electron chi connectivity index (χ4n) is 2.27. The standard InChI is InChI=1S/C19H20N2O3/c1-13(18(22)21-15-11-12-15)24-19(23)16-9-5-6-10-17(16)20-14-7-3-2-4-8-14/h2-10,13,15,20H,11-12H2,1H3,(H,21,22). The van der Waals surface area contributed by atoms with Gasteiger partial charge in [-0.05, 0) is 44.0 Å². The molecule has 0 saturated heterocycles. The molecule has 1 aliphatic carbocycles. The van der Waals surface area contributed by atoms with E-state index in [1.807, 2.05) is 36.4 Å². The molecule has 1 amide bonds. The van der Waals surface area contributed by atoms with Crippen molar-refractivity contribution in [2.45, 2.75) is 31.9 Å². The fourth-order valence-corrected chi connectivity index (χ4v) is 2.27. The van der Waals surface area contributed by atoms with Crippen molar-refractivity contribution < 1.29 is 14.3 Å². The highest BCUT2D eigenvalue weighted by Gasteiger charge is 2.27. The smallest absolute Gasteiger partial charge is 0.341 e. The van der Waals surface area contributed by atoms with Crippen LogP contribution < -0.4 is 10.6 Å². The number of carbonyl (C=O) groups is 2. The lowest BCUT2D eigenvalue weighted by Gasteiger charge is -2.15. The van der Waals surface area contributed by atoms with Crippen molar-refractivity contribution in [1.82, 2.24) is 5.32 Å². The van der Waals surface area contributed by atoms with Crippen LogP contribution in [0.1, 0.15) is 30.1 Å². The Bertz CT molecular complexity index is 726. The Morgan fingerprint density at radius 1 is 1.04 bits per heavy atom. The number of rotatable bonds is 6. The van der Waals surface area contributed by atoms with Crippen molar-refractivity contribution in [1.29, 1.82) is 0 Å². The van der Waals surface area contributed by atoms with Crippen LogP contribution >= 0.6 is 0 Å². The Morgan fingerprint density at radius 3 is 2.42 bits per heavy atom.